The summed E-state index contributed by atoms with van der Waals surface area (Å²) in [5.74, 6) is 0.151. The second kappa shape index (κ2) is 4.88. The van der Waals surface area contributed by atoms with Crippen LogP contribution in [0.1, 0.15) is 5.56 Å². The average Bonchev–Trinajstić information content (AvgIpc) is 2.25. The first-order chi connectivity index (χ1) is 7.19. The van der Waals surface area contributed by atoms with Gasteiger partial charge in [-0.15, -0.1) is 0 Å². The van der Waals surface area contributed by atoms with Crippen molar-refractivity contribution < 1.29 is 14.5 Å². The number of isocyanates is 1. The van der Waals surface area contributed by atoms with Crippen molar-refractivity contribution in [3.63, 3.8) is 0 Å². The minimum atomic E-state index is -0.536. The van der Waals surface area contributed by atoms with Gasteiger partial charge < -0.3 is 4.74 Å². The Morgan fingerprint density at radius 1 is 1.60 bits per heavy atom. The fraction of sp³-hybridized carbons (Fsp3) is 0.222. The Kier molecular flexibility index (Phi) is 3.54. The standard InChI is InChI=1S/C9H8N2O4/c1-15-9-4-7(5-10-6-12)2-3-8(9)11(13)14/h2-4H,5H2,1H3. The molecule has 0 bridgehead atoms. The van der Waals surface area contributed by atoms with Gasteiger partial charge in [0.05, 0.1) is 18.6 Å². The van der Waals surface area contributed by atoms with E-state index < -0.39 is 4.92 Å². The summed E-state index contributed by atoms with van der Waals surface area (Å²) < 4.78 is 4.85. The molecule has 6 heteroatoms. The van der Waals surface area contributed by atoms with Crippen LogP contribution in [0, 0.1) is 10.1 Å². The summed E-state index contributed by atoms with van der Waals surface area (Å²) in [4.78, 5) is 23.2. The Balaban J connectivity index is 3.07. The van der Waals surface area contributed by atoms with Crippen LogP contribution in [0.25, 0.3) is 0 Å². The molecule has 6 nitrogen and oxygen atoms in total. The second-order valence-corrected chi connectivity index (χ2v) is 2.67. The van der Waals surface area contributed by atoms with Gasteiger partial charge in [-0.05, 0) is 11.6 Å². The van der Waals surface area contributed by atoms with Crippen molar-refractivity contribution in [3.8, 4) is 5.75 Å². The zero-order chi connectivity index (χ0) is 11.3. The quantitative estimate of drug-likeness (QED) is 0.324. The van der Waals surface area contributed by atoms with Crippen LogP contribution >= 0.6 is 0 Å². The van der Waals surface area contributed by atoms with E-state index in [1.165, 1.54) is 31.4 Å². The molecule has 15 heavy (non-hydrogen) atoms. The van der Waals surface area contributed by atoms with E-state index in [-0.39, 0.29) is 18.0 Å². The zero-order valence-corrected chi connectivity index (χ0v) is 7.97. The Bertz CT molecular complexity index is 424. The maximum atomic E-state index is 10.5. The summed E-state index contributed by atoms with van der Waals surface area (Å²) >= 11 is 0. The number of nitro groups is 1. The summed E-state index contributed by atoms with van der Waals surface area (Å²) in [6, 6.07) is 4.30. The van der Waals surface area contributed by atoms with E-state index in [2.05, 4.69) is 4.99 Å². The van der Waals surface area contributed by atoms with Gasteiger partial charge in [-0.1, -0.05) is 6.07 Å². The molecule has 0 saturated carbocycles. The van der Waals surface area contributed by atoms with Gasteiger partial charge in [0.15, 0.2) is 5.75 Å². The lowest BCUT2D eigenvalue weighted by Crippen LogP contribution is -1.94. The van der Waals surface area contributed by atoms with E-state index in [0.29, 0.717) is 5.56 Å². The van der Waals surface area contributed by atoms with Gasteiger partial charge in [-0.3, -0.25) is 10.1 Å². The molecular formula is C9H8N2O4. The van der Waals surface area contributed by atoms with Gasteiger partial charge >= 0.3 is 5.69 Å². The molecule has 0 heterocycles. The largest absolute Gasteiger partial charge is 0.490 e. The first kappa shape index (κ1) is 10.9. The molecule has 1 aromatic carbocycles. The van der Waals surface area contributed by atoms with E-state index in [9.17, 15) is 14.9 Å². The van der Waals surface area contributed by atoms with E-state index in [1.807, 2.05) is 0 Å². The minimum absolute atomic E-state index is 0.115. The van der Waals surface area contributed by atoms with Crippen molar-refractivity contribution in [2.24, 2.45) is 4.99 Å². The molecule has 0 aliphatic heterocycles. The topological polar surface area (TPSA) is 81.8 Å². The van der Waals surface area contributed by atoms with Crippen LogP contribution in [0.4, 0.5) is 5.69 Å². The molecule has 1 rings (SSSR count). The van der Waals surface area contributed by atoms with Crippen LogP contribution in [-0.4, -0.2) is 18.1 Å². The van der Waals surface area contributed by atoms with Crippen molar-refractivity contribution in [2.45, 2.75) is 6.54 Å². The lowest BCUT2D eigenvalue weighted by molar-refractivity contribution is -0.385. The third-order valence-electron chi connectivity index (χ3n) is 1.77. The van der Waals surface area contributed by atoms with Gasteiger partial charge in [-0.2, -0.15) is 0 Å². The molecule has 0 fully saturated rings. The fourth-order valence-electron chi connectivity index (χ4n) is 1.09. The third-order valence-corrected chi connectivity index (χ3v) is 1.77. The Hall–Kier alpha value is -2.20. The molecule has 0 aromatic heterocycles. The lowest BCUT2D eigenvalue weighted by atomic mass is 10.2. The van der Waals surface area contributed by atoms with Gasteiger partial charge in [-0.25, -0.2) is 9.79 Å². The molecule has 78 valence electrons. The number of hydrogen-bond acceptors (Lipinski definition) is 5. The van der Waals surface area contributed by atoms with E-state index in [1.54, 1.807) is 0 Å². The second-order valence-electron chi connectivity index (χ2n) is 2.67. The Labute approximate surface area is 85.3 Å². The Morgan fingerprint density at radius 3 is 2.87 bits per heavy atom. The summed E-state index contributed by atoms with van der Waals surface area (Å²) in [6.45, 7) is 0.137. The molecule has 0 N–H and O–H groups in total. The van der Waals surface area contributed by atoms with Crippen molar-refractivity contribution in [3.05, 3.63) is 33.9 Å². The third kappa shape index (κ3) is 2.62. The van der Waals surface area contributed by atoms with Gasteiger partial charge in [0.25, 0.3) is 0 Å². The predicted molar refractivity (Wildman–Crippen MR) is 51.5 cm³/mol. The van der Waals surface area contributed by atoms with Crippen LogP contribution in [0.3, 0.4) is 0 Å². The highest BCUT2D eigenvalue weighted by Gasteiger charge is 2.14. The van der Waals surface area contributed by atoms with E-state index in [0.717, 1.165) is 0 Å². The number of ether oxygens (including phenoxy) is 1. The summed E-state index contributed by atoms with van der Waals surface area (Å²) in [7, 11) is 1.34. The molecule has 0 aliphatic carbocycles. The maximum Gasteiger partial charge on any atom is 0.310 e. The van der Waals surface area contributed by atoms with E-state index in [4.69, 9.17) is 4.74 Å². The predicted octanol–water partition coefficient (Wildman–Crippen LogP) is 1.44. The minimum Gasteiger partial charge on any atom is -0.490 e. The monoisotopic (exact) mass is 208 g/mol. The number of nitrogens with zero attached hydrogens (tertiary/aromatic N) is 2. The van der Waals surface area contributed by atoms with Gasteiger partial charge in [0.2, 0.25) is 6.08 Å². The SMILES string of the molecule is COc1cc(CN=C=O)ccc1[N+](=O)[O-]. The molecule has 0 aliphatic rings. The number of carbonyl (C=O) groups excluding carboxylic acids is 1. The Morgan fingerprint density at radius 2 is 2.33 bits per heavy atom. The summed E-state index contributed by atoms with van der Waals surface area (Å²) in [6.07, 6.45) is 1.39. The number of rotatable bonds is 4. The number of benzene rings is 1. The molecule has 0 saturated heterocycles. The number of aliphatic imine (C=N–C) groups is 1. The average molecular weight is 208 g/mol. The van der Waals surface area contributed by atoms with Crippen LogP contribution < -0.4 is 4.74 Å². The van der Waals surface area contributed by atoms with Crippen LogP contribution in [0.5, 0.6) is 5.75 Å². The maximum absolute atomic E-state index is 10.5. The van der Waals surface area contributed by atoms with Crippen LogP contribution in [0.15, 0.2) is 23.2 Å². The van der Waals surface area contributed by atoms with Crippen molar-refractivity contribution in [1.29, 1.82) is 0 Å². The number of hydrogen-bond donors (Lipinski definition) is 0. The molecule has 0 unspecified atom stereocenters. The summed E-state index contributed by atoms with van der Waals surface area (Å²) in [5, 5.41) is 10.5. The lowest BCUT2D eigenvalue weighted by Gasteiger charge is -2.02. The molecule has 0 atom stereocenters. The highest BCUT2D eigenvalue weighted by atomic mass is 16.6. The number of methoxy groups -OCH3 is 1. The molecule has 0 radical (unpaired) electrons. The van der Waals surface area contributed by atoms with Crippen molar-refractivity contribution in [1.82, 2.24) is 0 Å². The normalized spacial score (nSPS) is 9.13. The van der Waals surface area contributed by atoms with E-state index >= 15 is 0 Å². The highest BCUT2D eigenvalue weighted by Crippen LogP contribution is 2.27. The first-order valence-corrected chi connectivity index (χ1v) is 4.04. The summed E-state index contributed by atoms with van der Waals surface area (Å²) in [5.41, 5.74) is 0.539. The molecule has 0 amide bonds. The number of nitro benzene ring substituents is 1. The van der Waals surface area contributed by atoms with Crippen molar-refractivity contribution in [2.75, 3.05) is 7.11 Å². The van der Waals surface area contributed by atoms with Gasteiger partial charge in [0, 0.05) is 6.07 Å². The highest BCUT2D eigenvalue weighted by molar-refractivity contribution is 5.48. The van der Waals surface area contributed by atoms with Gasteiger partial charge in [0.1, 0.15) is 0 Å². The first-order valence-electron chi connectivity index (χ1n) is 4.04. The van der Waals surface area contributed by atoms with Crippen molar-refractivity contribution >= 4 is 11.8 Å². The van der Waals surface area contributed by atoms with Crippen LogP contribution in [0.2, 0.25) is 0 Å². The fourth-order valence-corrected chi connectivity index (χ4v) is 1.09. The van der Waals surface area contributed by atoms with Crippen LogP contribution in [-0.2, 0) is 11.3 Å². The molecular weight excluding hydrogens is 200 g/mol. The zero-order valence-electron chi connectivity index (χ0n) is 7.97. The molecule has 0 spiro atoms. The molecule has 1 aromatic rings. The smallest absolute Gasteiger partial charge is 0.310 e.